The van der Waals surface area contributed by atoms with Crippen molar-refractivity contribution in [3.8, 4) is 5.75 Å². The Bertz CT molecular complexity index is 634. The van der Waals surface area contributed by atoms with Crippen LogP contribution in [0.4, 0.5) is 11.4 Å². The molecule has 1 N–H and O–H groups in total. The Morgan fingerprint density at radius 2 is 1.82 bits per heavy atom. The zero-order valence-electron chi connectivity index (χ0n) is 12.8. The minimum atomic E-state index is 0.838. The molecule has 22 heavy (non-hydrogen) atoms. The first kappa shape index (κ1) is 14.4. The number of likely N-dealkylation sites (tertiary alicyclic amines) is 1. The third-order valence-electron chi connectivity index (χ3n) is 3.72. The fourth-order valence-electron chi connectivity index (χ4n) is 2.56. The summed E-state index contributed by atoms with van der Waals surface area (Å²) in [7, 11) is 1.68. The normalized spacial score (nSPS) is 15.0. The van der Waals surface area contributed by atoms with Crippen molar-refractivity contribution in [2.24, 2.45) is 4.99 Å². The first-order valence-electron chi connectivity index (χ1n) is 7.65. The second-order valence-electron chi connectivity index (χ2n) is 5.32. The van der Waals surface area contributed by atoms with Crippen LogP contribution in [0.15, 0.2) is 59.6 Å². The molecule has 0 unspecified atom stereocenters. The zero-order valence-corrected chi connectivity index (χ0v) is 12.8. The van der Waals surface area contributed by atoms with E-state index in [1.807, 2.05) is 54.6 Å². The van der Waals surface area contributed by atoms with Crippen LogP contribution in [0.3, 0.4) is 0 Å². The maximum absolute atomic E-state index is 5.29. The zero-order chi connectivity index (χ0) is 15.2. The van der Waals surface area contributed by atoms with E-state index < -0.39 is 0 Å². The van der Waals surface area contributed by atoms with Crippen molar-refractivity contribution in [2.75, 3.05) is 25.5 Å². The number of aliphatic imine (C=N–C) groups is 1. The molecule has 0 bridgehead atoms. The van der Waals surface area contributed by atoms with E-state index in [0.717, 1.165) is 36.2 Å². The molecular formula is C18H21N3O. The van der Waals surface area contributed by atoms with Gasteiger partial charge in [-0.15, -0.1) is 0 Å². The predicted molar refractivity (Wildman–Crippen MR) is 91.0 cm³/mol. The SMILES string of the molecule is COc1cccc(NC(=Nc2ccccc2)N2CCCC2)c1. The van der Waals surface area contributed by atoms with Gasteiger partial charge in [-0.2, -0.15) is 0 Å². The molecule has 1 fully saturated rings. The molecule has 0 aromatic heterocycles. The van der Waals surface area contributed by atoms with Gasteiger partial charge in [0.2, 0.25) is 5.96 Å². The van der Waals surface area contributed by atoms with Crippen LogP contribution in [0, 0.1) is 0 Å². The maximum atomic E-state index is 5.29. The molecule has 0 spiro atoms. The molecular weight excluding hydrogens is 274 g/mol. The van der Waals surface area contributed by atoms with Crippen LogP contribution in [0.2, 0.25) is 0 Å². The molecule has 0 saturated carbocycles. The summed E-state index contributed by atoms with van der Waals surface area (Å²) in [4.78, 5) is 7.08. The van der Waals surface area contributed by atoms with Crippen molar-refractivity contribution in [1.29, 1.82) is 0 Å². The molecule has 1 saturated heterocycles. The van der Waals surface area contributed by atoms with Crippen LogP contribution in [-0.2, 0) is 0 Å². The number of methoxy groups -OCH3 is 1. The molecule has 2 aromatic rings. The summed E-state index contributed by atoms with van der Waals surface area (Å²) in [6, 6.07) is 18.0. The number of anilines is 1. The Labute approximate surface area is 131 Å². The van der Waals surface area contributed by atoms with Crippen LogP contribution >= 0.6 is 0 Å². The Balaban J connectivity index is 1.86. The lowest BCUT2D eigenvalue weighted by Crippen LogP contribution is -2.33. The van der Waals surface area contributed by atoms with Crippen molar-refractivity contribution < 1.29 is 4.74 Å². The highest BCUT2D eigenvalue weighted by molar-refractivity contribution is 5.95. The highest BCUT2D eigenvalue weighted by Crippen LogP contribution is 2.20. The largest absolute Gasteiger partial charge is 0.497 e. The van der Waals surface area contributed by atoms with Gasteiger partial charge in [-0.25, -0.2) is 4.99 Å². The molecule has 0 atom stereocenters. The van der Waals surface area contributed by atoms with Crippen LogP contribution in [0.5, 0.6) is 5.75 Å². The summed E-state index contributed by atoms with van der Waals surface area (Å²) in [6.45, 7) is 2.09. The van der Waals surface area contributed by atoms with Gasteiger partial charge in [0, 0.05) is 24.8 Å². The number of hydrogen-bond donors (Lipinski definition) is 1. The molecule has 3 rings (SSSR count). The summed E-state index contributed by atoms with van der Waals surface area (Å²) < 4.78 is 5.29. The van der Waals surface area contributed by atoms with Crippen molar-refractivity contribution >= 4 is 17.3 Å². The van der Waals surface area contributed by atoms with E-state index in [1.165, 1.54) is 12.8 Å². The summed E-state index contributed by atoms with van der Waals surface area (Å²) in [5.41, 5.74) is 1.95. The fourth-order valence-corrected chi connectivity index (χ4v) is 2.56. The van der Waals surface area contributed by atoms with Crippen LogP contribution in [-0.4, -0.2) is 31.1 Å². The molecule has 1 heterocycles. The van der Waals surface area contributed by atoms with E-state index in [0.29, 0.717) is 0 Å². The molecule has 1 aliphatic heterocycles. The number of guanidine groups is 1. The van der Waals surface area contributed by atoms with Gasteiger partial charge in [-0.05, 0) is 37.1 Å². The third kappa shape index (κ3) is 3.58. The molecule has 4 heteroatoms. The van der Waals surface area contributed by atoms with E-state index >= 15 is 0 Å². The van der Waals surface area contributed by atoms with Gasteiger partial charge in [0.05, 0.1) is 12.8 Å². The van der Waals surface area contributed by atoms with Crippen LogP contribution in [0.25, 0.3) is 0 Å². The lowest BCUT2D eigenvalue weighted by Gasteiger charge is -2.21. The summed E-state index contributed by atoms with van der Waals surface area (Å²) in [5, 5.41) is 3.44. The van der Waals surface area contributed by atoms with E-state index in [4.69, 9.17) is 9.73 Å². The average Bonchev–Trinajstić information content (AvgIpc) is 3.10. The van der Waals surface area contributed by atoms with Gasteiger partial charge in [0.1, 0.15) is 5.75 Å². The number of para-hydroxylation sites is 1. The Hall–Kier alpha value is -2.49. The minimum absolute atomic E-state index is 0.838. The quantitative estimate of drug-likeness (QED) is 0.689. The van der Waals surface area contributed by atoms with Gasteiger partial charge in [-0.1, -0.05) is 24.3 Å². The van der Waals surface area contributed by atoms with Gasteiger partial charge in [-0.3, -0.25) is 0 Å². The fraction of sp³-hybridized carbons (Fsp3) is 0.278. The van der Waals surface area contributed by atoms with Gasteiger partial charge in [0.15, 0.2) is 0 Å². The lowest BCUT2D eigenvalue weighted by molar-refractivity contribution is 0.415. The second kappa shape index (κ2) is 6.98. The second-order valence-corrected chi connectivity index (χ2v) is 5.32. The number of ether oxygens (including phenoxy) is 1. The van der Waals surface area contributed by atoms with Crippen molar-refractivity contribution in [1.82, 2.24) is 4.90 Å². The van der Waals surface area contributed by atoms with E-state index in [-0.39, 0.29) is 0 Å². The first-order valence-corrected chi connectivity index (χ1v) is 7.65. The van der Waals surface area contributed by atoms with Gasteiger partial charge < -0.3 is 15.0 Å². The van der Waals surface area contributed by atoms with Gasteiger partial charge in [0.25, 0.3) is 0 Å². The Kier molecular flexibility index (Phi) is 4.59. The molecule has 114 valence electrons. The standard InChI is InChI=1S/C18H21N3O/c1-22-17-11-7-10-16(14-17)20-18(21-12-5-6-13-21)19-15-8-3-2-4-9-15/h2-4,7-11,14H,5-6,12-13H2,1H3,(H,19,20). The molecule has 0 radical (unpaired) electrons. The Morgan fingerprint density at radius 1 is 1.05 bits per heavy atom. The molecule has 0 aliphatic carbocycles. The first-order chi connectivity index (χ1) is 10.8. The van der Waals surface area contributed by atoms with Crippen molar-refractivity contribution in [2.45, 2.75) is 12.8 Å². The van der Waals surface area contributed by atoms with Crippen molar-refractivity contribution in [3.63, 3.8) is 0 Å². The smallest absolute Gasteiger partial charge is 0.203 e. The topological polar surface area (TPSA) is 36.9 Å². The van der Waals surface area contributed by atoms with E-state index in [2.05, 4.69) is 10.2 Å². The molecule has 0 amide bonds. The Morgan fingerprint density at radius 3 is 2.55 bits per heavy atom. The highest BCUT2D eigenvalue weighted by Gasteiger charge is 2.16. The molecule has 1 aliphatic rings. The van der Waals surface area contributed by atoms with Crippen LogP contribution < -0.4 is 10.1 Å². The number of nitrogens with zero attached hydrogens (tertiary/aromatic N) is 2. The predicted octanol–water partition coefficient (Wildman–Crippen LogP) is 3.89. The summed E-state index contributed by atoms with van der Waals surface area (Å²) in [6.07, 6.45) is 2.43. The minimum Gasteiger partial charge on any atom is -0.497 e. The number of benzene rings is 2. The maximum Gasteiger partial charge on any atom is 0.203 e. The summed E-state index contributed by atoms with van der Waals surface area (Å²) >= 11 is 0. The van der Waals surface area contributed by atoms with Gasteiger partial charge >= 0.3 is 0 Å². The number of nitrogens with one attached hydrogen (secondary N) is 1. The molecule has 4 nitrogen and oxygen atoms in total. The monoisotopic (exact) mass is 295 g/mol. The van der Waals surface area contributed by atoms with E-state index in [9.17, 15) is 0 Å². The molecule has 2 aromatic carbocycles. The van der Waals surface area contributed by atoms with E-state index in [1.54, 1.807) is 7.11 Å². The van der Waals surface area contributed by atoms with Crippen LogP contribution in [0.1, 0.15) is 12.8 Å². The average molecular weight is 295 g/mol. The van der Waals surface area contributed by atoms with Crippen molar-refractivity contribution in [3.05, 3.63) is 54.6 Å². The highest BCUT2D eigenvalue weighted by atomic mass is 16.5. The number of rotatable bonds is 3. The third-order valence-corrected chi connectivity index (χ3v) is 3.72. The number of hydrogen-bond acceptors (Lipinski definition) is 2. The lowest BCUT2D eigenvalue weighted by atomic mass is 10.3. The summed E-state index contributed by atoms with van der Waals surface area (Å²) in [5.74, 6) is 1.74.